The van der Waals surface area contributed by atoms with Gasteiger partial charge >= 0.3 is 0 Å². The van der Waals surface area contributed by atoms with Gasteiger partial charge in [-0.05, 0) is 43.5 Å². The van der Waals surface area contributed by atoms with Gasteiger partial charge in [-0.3, -0.25) is 0 Å². The van der Waals surface area contributed by atoms with Gasteiger partial charge in [0.05, 0.1) is 5.60 Å². The van der Waals surface area contributed by atoms with Crippen LogP contribution >= 0.6 is 0 Å². The molecule has 1 rings (SSSR count). The zero-order valence-corrected chi connectivity index (χ0v) is 9.68. The van der Waals surface area contributed by atoms with Crippen molar-refractivity contribution in [3.05, 3.63) is 35.1 Å². The first-order valence-electron chi connectivity index (χ1n) is 5.46. The summed E-state index contributed by atoms with van der Waals surface area (Å²) >= 11 is 0. The van der Waals surface area contributed by atoms with Gasteiger partial charge < -0.3 is 5.11 Å². The van der Waals surface area contributed by atoms with Crippen LogP contribution in [0.3, 0.4) is 0 Å². The molecule has 0 bridgehead atoms. The first kappa shape index (κ1) is 12.2. The van der Waals surface area contributed by atoms with E-state index >= 15 is 0 Å². The zero-order valence-electron chi connectivity index (χ0n) is 9.68. The Morgan fingerprint density at radius 3 is 2.60 bits per heavy atom. The molecule has 1 atom stereocenters. The number of aliphatic hydroxyl groups is 1. The van der Waals surface area contributed by atoms with Crippen molar-refractivity contribution in [1.29, 1.82) is 0 Å². The van der Waals surface area contributed by atoms with Crippen LogP contribution in [-0.4, -0.2) is 5.11 Å². The molecule has 0 radical (unpaired) electrons. The minimum Gasteiger partial charge on any atom is -0.385 e. The van der Waals surface area contributed by atoms with Crippen LogP contribution in [0.2, 0.25) is 0 Å². The highest BCUT2D eigenvalue weighted by Gasteiger charge is 2.23. The monoisotopic (exact) mass is 210 g/mol. The first-order chi connectivity index (χ1) is 6.97. The average molecular weight is 210 g/mol. The normalized spacial score (nSPS) is 15.0. The van der Waals surface area contributed by atoms with Gasteiger partial charge in [0.2, 0.25) is 0 Å². The van der Waals surface area contributed by atoms with Crippen molar-refractivity contribution in [2.45, 2.75) is 45.6 Å². The molecule has 0 aliphatic heterocycles. The first-order valence-corrected chi connectivity index (χ1v) is 5.46. The van der Waals surface area contributed by atoms with Crippen LogP contribution in [0.5, 0.6) is 0 Å². The second-order valence-electron chi connectivity index (χ2n) is 4.34. The number of rotatable bonds is 4. The number of benzene rings is 1. The van der Waals surface area contributed by atoms with Crippen LogP contribution in [0.25, 0.3) is 0 Å². The lowest BCUT2D eigenvalue weighted by molar-refractivity contribution is 0.0447. The molecule has 1 aromatic rings. The van der Waals surface area contributed by atoms with Crippen molar-refractivity contribution < 1.29 is 9.50 Å². The fourth-order valence-corrected chi connectivity index (χ4v) is 1.89. The lowest BCUT2D eigenvalue weighted by Crippen LogP contribution is -2.22. The average Bonchev–Trinajstić information content (AvgIpc) is 2.14. The third kappa shape index (κ3) is 3.03. The summed E-state index contributed by atoms with van der Waals surface area (Å²) in [6.07, 6.45) is 2.75. The number of halogens is 1. The number of aryl methyl sites for hydroxylation is 1. The molecular formula is C13H19FO. The predicted octanol–water partition coefficient (Wildman–Crippen LogP) is 3.53. The molecule has 0 unspecified atom stereocenters. The summed E-state index contributed by atoms with van der Waals surface area (Å²) < 4.78 is 12.9. The van der Waals surface area contributed by atoms with Gasteiger partial charge in [0.1, 0.15) is 5.82 Å². The van der Waals surface area contributed by atoms with Crippen molar-refractivity contribution in [1.82, 2.24) is 0 Å². The Balaban J connectivity index is 2.93. The molecule has 0 fully saturated rings. The van der Waals surface area contributed by atoms with E-state index in [0.29, 0.717) is 0 Å². The van der Waals surface area contributed by atoms with E-state index in [-0.39, 0.29) is 5.82 Å². The maximum Gasteiger partial charge on any atom is 0.123 e. The highest BCUT2D eigenvalue weighted by atomic mass is 19.1. The Morgan fingerprint density at radius 2 is 2.07 bits per heavy atom. The molecular weight excluding hydrogens is 191 g/mol. The minimum atomic E-state index is -0.839. The number of unbranched alkanes of at least 4 members (excludes halogenated alkanes) is 1. The molecule has 0 aliphatic rings. The van der Waals surface area contributed by atoms with Crippen molar-refractivity contribution in [3.8, 4) is 0 Å². The maximum atomic E-state index is 12.9. The minimum absolute atomic E-state index is 0.248. The molecule has 0 saturated carbocycles. The third-order valence-corrected chi connectivity index (χ3v) is 2.79. The predicted molar refractivity (Wildman–Crippen MR) is 60.2 cm³/mol. The second kappa shape index (κ2) is 4.75. The van der Waals surface area contributed by atoms with Crippen molar-refractivity contribution in [2.24, 2.45) is 0 Å². The standard InChI is InChI=1S/C13H19FO/c1-4-5-8-13(3,15)12-7-6-11(14)9-10(12)2/h6-7,9,15H,4-5,8H2,1-3H3/t13-/m1/s1. The van der Waals surface area contributed by atoms with Gasteiger partial charge in [0.15, 0.2) is 0 Å². The third-order valence-electron chi connectivity index (χ3n) is 2.79. The highest BCUT2D eigenvalue weighted by Crippen LogP contribution is 2.29. The van der Waals surface area contributed by atoms with E-state index in [1.165, 1.54) is 12.1 Å². The topological polar surface area (TPSA) is 20.2 Å². The van der Waals surface area contributed by atoms with E-state index in [1.54, 1.807) is 13.0 Å². The van der Waals surface area contributed by atoms with Crippen LogP contribution in [0.4, 0.5) is 4.39 Å². The lowest BCUT2D eigenvalue weighted by atomic mass is 9.87. The quantitative estimate of drug-likeness (QED) is 0.806. The molecule has 84 valence electrons. The summed E-state index contributed by atoms with van der Waals surface area (Å²) in [7, 11) is 0. The molecule has 1 aromatic carbocycles. The van der Waals surface area contributed by atoms with Gasteiger partial charge in [-0.2, -0.15) is 0 Å². The fourth-order valence-electron chi connectivity index (χ4n) is 1.89. The van der Waals surface area contributed by atoms with E-state index in [2.05, 4.69) is 6.92 Å². The molecule has 0 aliphatic carbocycles. The van der Waals surface area contributed by atoms with Gasteiger partial charge in [-0.15, -0.1) is 0 Å². The van der Waals surface area contributed by atoms with E-state index in [0.717, 1.165) is 30.4 Å². The smallest absolute Gasteiger partial charge is 0.123 e. The Kier molecular flexibility index (Phi) is 3.86. The highest BCUT2D eigenvalue weighted by molar-refractivity contribution is 5.31. The Bertz CT molecular complexity index is 331. The van der Waals surface area contributed by atoms with Gasteiger partial charge in [-0.1, -0.05) is 25.8 Å². The van der Waals surface area contributed by atoms with Gasteiger partial charge in [0, 0.05) is 0 Å². The SMILES string of the molecule is CCCC[C@@](C)(O)c1ccc(F)cc1C. The molecule has 2 heteroatoms. The summed E-state index contributed by atoms with van der Waals surface area (Å²) in [6.45, 7) is 5.72. The van der Waals surface area contributed by atoms with Gasteiger partial charge in [-0.25, -0.2) is 4.39 Å². The number of hydrogen-bond donors (Lipinski definition) is 1. The van der Waals surface area contributed by atoms with E-state index in [9.17, 15) is 9.50 Å². The lowest BCUT2D eigenvalue weighted by Gasteiger charge is -2.25. The van der Waals surface area contributed by atoms with E-state index in [4.69, 9.17) is 0 Å². The number of hydrogen-bond acceptors (Lipinski definition) is 1. The van der Waals surface area contributed by atoms with Crippen molar-refractivity contribution >= 4 is 0 Å². The van der Waals surface area contributed by atoms with Crippen LogP contribution in [-0.2, 0) is 5.60 Å². The molecule has 0 heterocycles. The molecule has 0 saturated heterocycles. The van der Waals surface area contributed by atoms with E-state index < -0.39 is 5.60 Å². The molecule has 0 amide bonds. The van der Waals surface area contributed by atoms with Crippen molar-refractivity contribution in [2.75, 3.05) is 0 Å². The van der Waals surface area contributed by atoms with E-state index in [1.807, 2.05) is 6.92 Å². The summed E-state index contributed by atoms with van der Waals surface area (Å²) in [6, 6.07) is 4.55. The summed E-state index contributed by atoms with van der Waals surface area (Å²) in [5.41, 5.74) is 0.807. The Labute approximate surface area is 90.9 Å². The van der Waals surface area contributed by atoms with Crippen LogP contribution < -0.4 is 0 Å². The zero-order chi connectivity index (χ0) is 11.5. The summed E-state index contributed by atoms with van der Waals surface area (Å²) in [4.78, 5) is 0. The maximum absolute atomic E-state index is 12.9. The van der Waals surface area contributed by atoms with Crippen LogP contribution in [0.15, 0.2) is 18.2 Å². The van der Waals surface area contributed by atoms with Crippen molar-refractivity contribution in [3.63, 3.8) is 0 Å². The molecule has 1 N–H and O–H groups in total. The molecule has 0 spiro atoms. The Morgan fingerprint density at radius 1 is 1.40 bits per heavy atom. The van der Waals surface area contributed by atoms with Crippen LogP contribution in [0, 0.1) is 12.7 Å². The summed E-state index contributed by atoms with van der Waals surface area (Å²) in [5.74, 6) is -0.248. The fraction of sp³-hybridized carbons (Fsp3) is 0.538. The molecule has 15 heavy (non-hydrogen) atoms. The summed E-state index contributed by atoms with van der Waals surface area (Å²) in [5, 5.41) is 10.3. The largest absolute Gasteiger partial charge is 0.385 e. The Hall–Kier alpha value is -0.890. The second-order valence-corrected chi connectivity index (χ2v) is 4.34. The molecule has 0 aromatic heterocycles. The van der Waals surface area contributed by atoms with Gasteiger partial charge in [0.25, 0.3) is 0 Å². The van der Waals surface area contributed by atoms with Crippen LogP contribution in [0.1, 0.15) is 44.2 Å². The molecule has 1 nitrogen and oxygen atoms in total.